The minimum Gasteiger partial charge on any atom is -0.571 e. The summed E-state index contributed by atoms with van der Waals surface area (Å²) in [6.07, 6.45) is 0. The predicted molar refractivity (Wildman–Crippen MR) is 102 cm³/mol. The van der Waals surface area contributed by atoms with Crippen molar-refractivity contribution in [3.63, 3.8) is 0 Å². The van der Waals surface area contributed by atoms with Crippen molar-refractivity contribution in [1.29, 1.82) is 0 Å². The Morgan fingerprint density at radius 1 is 0.857 bits per heavy atom. The molecule has 144 valence electrons. The van der Waals surface area contributed by atoms with Gasteiger partial charge >= 0.3 is 23.0 Å². The molecule has 0 saturated carbocycles. The normalized spacial score (nSPS) is 11.1. The molecule has 0 unspecified atom stereocenters. The zero-order valence-electron chi connectivity index (χ0n) is 14.4. The number of carboxylic acid groups (broad SMARTS) is 1. The zero-order chi connectivity index (χ0) is 19.1. The Morgan fingerprint density at radius 3 is 2.21 bits per heavy atom. The van der Waals surface area contributed by atoms with Crippen molar-refractivity contribution in [1.82, 2.24) is 0 Å². The van der Waals surface area contributed by atoms with E-state index in [1.807, 2.05) is 18.2 Å². The number of phenolic OH excluding ortho intramolecular Hbond substituents is 1. The molecule has 0 spiro atoms. The van der Waals surface area contributed by atoms with Crippen LogP contribution in [0.3, 0.4) is 0 Å². The van der Waals surface area contributed by atoms with E-state index in [1.54, 1.807) is 48.5 Å². The number of para-hydroxylation sites is 1. The van der Waals surface area contributed by atoms with Crippen LogP contribution < -0.4 is 0 Å². The fourth-order valence-electron chi connectivity index (χ4n) is 2.22. The second kappa shape index (κ2) is 10.0. The molecule has 0 atom stereocenters. The molecule has 3 aromatic carbocycles. The Morgan fingerprint density at radius 2 is 1.50 bits per heavy atom. The van der Waals surface area contributed by atoms with Gasteiger partial charge in [-0.25, -0.2) is 4.79 Å². The average molecular weight is 423 g/mol. The Labute approximate surface area is 171 Å². The zero-order valence-corrected chi connectivity index (χ0v) is 15.3. The third kappa shape index (κ3) is 5.26. The molecule has 0 radical (unpaired) electrons. The molecule has 8 heteroatoms. The van der Waals surface area contributed by atoms with E-state index in [2.05, 4.69) is 20.8 Å². The second-order valence-electron chi connectivity index (χ2n) is 5.40. The molecule has 3 rings (SSSR count). The molecule has 0 aliphatic heterocycles. The number of nitrogens with zero attached hydrogens (tertiary/aromatic N) is 4. The number of rotatable bonds is 5. The number of hydrogen-bond acceptors (Lipinski definition) is 4. The molecule has 0 amide bonds. The van der Waals surface area contributed by atoms with Gasteiger partial charge in [-0.15, -0.1) is 10.2 Å². The standard InChI is InChI=1S/C20H16N4O3.Cu/c25-18-13-7-6-12-17(18)22-24-19(14-8-2-1-3-9-14)23-21-16-11-5-4-10-15(16)20(26)27;/h1-13H,(H3,21,22,23,24,25,26,27);/q;+1/p-1. The Hall–Kier alpha value is -3.48. The van der Waals surface area contributed by atoms with Crippen LogP contribution in [-0.2, 0) is 17.1 Å². The van der Waals surface area contributed by atoms with Gasteiger partial charge in [-0.3, -0.25) is 0 Å². The van der Waals surface area contributed by atoms with Crippen LogP contribution in [0.15, 0.2) is 94.2 Å². The molecule has 0 heterocycles. The van der Waals surface area contributed by atoms with Crippen molar-refractivity contribution in [2.45, 2.75) is 0 Å². The van der Waals surface area contributed by atoms with Crippen molar-refractivity contribution in [3.05, 3.63) is 95.4 Å². The van der Waals surface area contributed by atoms with E-state index < -0.39 is 5.97 Å². The maximum absolute atomic E-state index is 11.3. The van der Waals surface area contributed by atoms with Crippen LogP contribution >= 0.6 is 0 Å². The number of phenols is 1. The van der Waals surface area contributed by atoms with Crippen LogP contribution in [-0.4, -0.2) is 22.0 Å². The maximum Gasteiger partial charge on any atom is 1.00 e. The van der Waals surface area contributed by atoms with Gasteiger partial charge in [-0.05, 0) is 18.2 Å². The molecular weight excluding hydrogens is 408 g/mol. The average Bonchev–Trinajstić information content (AvgIpc) is 2.70. The fraction of sp³-hybridized carbons (Fsp3) is 0. The molecule has 0 saturated heterocycles. The summed E-state index contributed by atoms with van der Waals surface area (Å²) >= 11 is 0. The van der Waals surface area contributed by atoms with Crippen molar-refractivity contribution in [2.75, 3.05) is 0 Å². The van der Waals surface area contributed by atoms with E-state index in [1.165, 1.54) is 12.1 Å². The number of aromatic carboxylic acids is 1. The minimum atomic E-state index is -1.10. The molecule has 7 nitrogen and oxygen atoms in total. The molecule has 0 bridgehead atoms. The topological polar surface area (TPSA) is 109 Å². The van der Waals surface area contributed by atoms with Crippen LogP contribution in [0.1, 0.15) is 15.9 Å². The number of carbonyl (C=O) groups is 1. The SMILES string of the molecule is O=C(O)c1ccccc1N=N/C(=N\[N-]c1ccccc1O)c1ccccc1.[Cu+]. The first-order valence-electron chi connectivity index (χ1n) is 8.01. The molecule has 3 aromatic rings. The van der Waals surface area contributed by atoms with E-state index in [9.17, 15) is 15.0 Å². The van der Waals surface area contributed by atoms with Crippen LogP contribution in [0.25, 0.3) is 5.43 Å². The third-order valence-corrected chi connectivity index (χ3v) is 3.55. The third-order valence-electron chi connectivity index (χ3n) is 3.55. The molecule has 0 fully saturated rings. The smallest absolute Gasteiger partial charge is 0.571 e. The van der Waals surface area contributed by atoms with Gasteiger partial charge in [0.2, 0.25) is 0 Å². The Kier molecular flexibility index (Phi) is 7.45. The first-order valence-corrected chi connectivity index (χ1v) is 8.01. The Bertz CT molecular complexity index is 1010. The van der Waals surface area contributed by atoms with Gasteiger partial charge in [-0.2, -0.15) is 0 Å². The van der Waals surface area contributed by atoms with Gasteiger partial charge in [-0.1, -0.05) is 66.4 Å². The number of benzene rings is 3. The summed E-state index contributed by atoms with van der Waals surface area (Å²) in [5.41, 5.74) is 5.19. The molecule has 2 N–H and O–H groups in total. The number of amidine groups is 1. The Balaban J connectivity index is 0.00000280. The van der Waals surface area contributed by atoms with E-state index in [4.69, 9.17) is 0 Å². The summed E-state index contributed by atoms with van der Waals surface area (Å²) < 4.78 is 0. The summed E-state index contributed by atoms with van der Waals surface area (Å²) in [4.78, 5) is 11.3. The van der Waals surface area contributed by atoms with Crippen molar-refractivity contribution < 1.29 is 32.1 Å². The van der Waals surface area contributed by atoms with Gasteiger partial charge in [0.05, 0.1) is 5.56 Å². The molecular formula is C20H15CuN4O3. The van der Waals surface area contributed by atoms with Crippen LogP contribution in [0.4, 0.5) is 11.4 Å². The number of aromatic hydroxyl groups is 1. The van der Waals surface area contributed by atoms with Gasteiger partial charge in [0.1, 0.15) is 11.4 Å². The van der Waals surface area contributed by atoms with Crippen molar-refractivity contribution in [2.24, 2.45) is 15.3 Å². The molecule has 0 aliphatic rings. The number of carboxylic acids is 1. The summed E-state index contributed by atoms with van der Waals surface area (Å²) in [7, 11) is 0. The van der Waals surface area contributed by atoms with E-state index in [0.717, 1.165) is 0 Å². The first-order chi connectivity index (χ1) is 13.1. The van der Waals surface area contributed by atoms with Crippen molar-refractivity contribution >= 4 is 23.2 Å². The van der Waals surface area contributed by atoms with Gasteiger partial charge in [0.25, 0.3) is 0 Å². The minimum absolute atomic E-state index is 0. The fourth-order valence-corrected chi connectivity index (χ4v) is 2.22. The first kappa shape index (κ1) is 20.8. The van der Waals surface area contributed by atoms with Crippen LogP contribution in [0, 0.1) is 0 Å². The predicted octanol–water partition coefficient (Wildman–Crippen LogP) is 5.24. The van der Waals surface area contributed by atoms with Gasteiger partial charge in [0, 0.05) is 5.56 Å². The summed E-state index contributed by atoms with van der Waals surface area (Å²) in [5.74, 6) is -0.928. The van der Waals surface area contributed by atoms with E-state index in [0.29, 0.717) is 5.56 Å². The number of azo groups is 1. The largest absolute Gasteiger partial charge is 1.00 e. The van der Waals surface area contributed by atoms with Gasteiger partial charge in [0.15, 0.2) is 5.84 Å². The summed E-state index contributed by atoms with van der Waals surface area (Å²) in [6.45, 7) is 0. The maximum atomic E-state index is 11.3. The molecule has 0 aromatic heterocycles. The van der Waals surface area contributed by atoms with E-state index in [-0.39, 0.29) is 45.6 Å². The quantitative estimate of drug-likeness (QED) is 0.193. The molecule has 28 heavy (non-hydrogen) atoms. The summed E-state index contributed by atoms with van der Waals surface area (Å²) in [5, 5.41) is 31.3. The van der Waals surface area contributed by atoms with Gasteiger partial charge < -0.3 is 20.7 Å². The van der Waals surface area contributed by atoms with Crippen molar-refractivity contribution in [3.8, 4) is 5.75 Å². The monoisotopic (exact) mass is 422 g/mol. The summed E-state index contributed by atoms with van der Waals surface area (Å²) in [6, 6.07) is 21.8. The van der Waals surface area contributed by atoms with Crippen LogP contribution in [0.5, 0.6) is 5.75 Å². The molecule has 0 aliphatic carbocycles. The number of hydrogen-bond donors (Lipinski definition) is 2. The van der Waals surface area contributed by atoms with Crippen LogP contribution in [0.2, 0.25) is 0 Å². The second-order valence-corrected chi connectivity index (χ2v) is 5.40. The van der Waals surface area contributed by atoms with E-state index >= 15 is 0 Å².